The molecular weight excluding hydrogens is 355 g/mol. The summed E-state index contributed by atoms with van der Waals surface area (Å²) in [5.41, 5.74) is 3.17. The summed E-state index contributed by atoms with van der Waals surface area (Å²) in [5.74, 6) is 0. The molecule has 0 saturated carbocycles. The van der Waals surface area contributed by atoms with Crippen molar-refractivity contribution in [2.24, 2.45) is 0 Å². The van der Waals surface area contributed by atoms with Gasteiger partial charge in [-0.3, -0.25) is 9.88 Å². The Morgan fingerprint density at radius 3 is 2.80 bits per heavy atom. The van der Waals surface area contributed by atoms with Crippen LogP contribution in [0.4, 0.5) is 0 Å². The summed E-state index contributed by atoms with van der Waals surface area (Å²) in [4.78, 5) is 7.14. The molecule has 128 valence electrons. The van der Waals surface area contributed by atoms with E-state index in [0.717, 1.165) is 36.4 Å². The van der Waals surface area contributed by atoms with Gasteiger partial charge in [0, 0.05) is 25.0 Å². The number of benzene rings is 2. The van der Waals surface area contributed by atoms with E-state index in [1.807, 2.05) is 30.3 Å². The summed E-state index contributed by atoms with van der Waals surface area (Å²) in [6.07, 6.45) is 0.00368. The van der Waals surface area contributed by atoms with Crippen molar-refractivity contribution in [3.8, 4) is 0 Å². The molecule has 5 heteroatoms. The van der Waals surface area contributed by atoms with E-state index in [9.17, 15) is 0 Å². The van der Waals surface area contributed by atoms with Crippen LogP contribution in [0.25, 0.3) is 10.9 Å². The zero-order valence-corrected chi connectivity index (χ0v) is 15.2. The standard InChI is InChI=1S/C20H18Cl2N2O/c21-17-8-6-15(11-18(17)22)20-13-24(9-10-25-20)12-16-7-5-14-3-1-2-4-19(14)23-16/h1-8,11,20H,9-10,12-13H2. The number of nitrogens with zero attached hydrogens (tertiary/aromatic N) is 2. The van der Waals surface area contributed by atoms with Gasteiger partial charge in [0.05, 0.1) is 34.0 Å². The van der Waals surface area contributed by atoms with Crippen molar-refractivity contribution in [3.05, 3.63) is 75.9 Å². The number of fused-ring (bicyclic) bond motifs is 1. The summed E-state index contributed by atoms with van der Waals surface area (Å²) in [6.45, 7) is 3.21. The third kappa shape index (κ3) is 3.80. The van der Waals surface area contributed by atoms with Crippen molar-refractivity contribution >= 4 is 34.1 Å². The van der Waals surface area contributed by atoms with Crippen LogP contribution in [0, 0.1) is 0 Å². The average molecular weight is 373 g/mol. The van der Waals surface area contributed by atoms with E-state index in [0.29, 0.717) is 16.7 Å². The minimum absolute atomic E-state index is 0.00368. The van der Waals surface area contributed by atoms with Crippen LogP contribution < -0.4 is 0 Å². The fourth-order valence-electron chi connectivity index (χ4n) is 3.19. The van der Waals surface area contributed by atoms with Gasteiger partial charge in [-0.1, -0.05) is 53.5 Å². The Balaban J connectivity index is 1.49. The Kier molecular flexibility index (Phi) is 4.91. The number of hydrogen-bond acceptors (Lipinski definition) is 3. The van der Waals surface area contributed by atoms with E-state index in [1.54, 1.807) is 0 Å². The average Bonchev–Trinajstić information content (AvgIpc) is 2.64. The largest absolute Gasteiger partial charge is 0.371 e. The van der Waals surface area contributed by atoms with E-state index in [1.165, 1.54) is 5.39 Å². The second-order valence-corrected chi connectivity index (χ2v) is 7.08. The summed E-state index contributed by atoms with van der Waals surface area (Å²) in [6, 6.07) is 18.1. The van der Waals surface area contributed by atoms with E-state index in [-0.39, 0.29) is 6.10 Å². The molecule has 0 N–H and O–H groups in total. The lowest BCUT2D eigenvalue weighted by atomic mass is 10.1. The normalized spacial score (nSPS) is 18.6. The summed E-state index contributed by atoms with van der Waals surface area (Å²) >= 11 is 12.2. The van der Waals surface area contributed by atoms with Crippen molar-refractivity contribution in [1.29, 1.82) is 0 Å². The van der Waals surface area contributed by atoms with Crippen LogP contribution in [-0.2, 0) is 11.3 Å². The van der Waals surface area contributed by atoms with Crippen LogP contribution in [0.5, 0.6) is 0 Å². The minimum Gasteiger partial charge on any atom is -0.371 e. The molecule has 0 radical (unpaired) electrons. The SMILES string of the molecule is Clc1ccc(C2CN(Cc3ccc4ccccc4n3)CCO2)cc1Cl. The fraction of sp³-hybridized carbons (Fsp3) is 0.250. The van der Waals surface area contributed by atoms with Gasteiger partial charge in [-0.2, -0.15) is 0 Å². The Labute approximate surface area is 157 Å². The maximum Gasteiger partial charge on any atom is 0.0953 e. The number of halogens is 2. The molecular formula is C20H18Cl2N2O. The molecule has 0 amide bonds. The molecule has 1 saturated heterocycles. The molecule has 2 heterocycles. The van der Waals surface area contributed by atoms with Crippen molar-refractivity contribution < 1.29 is 4.74 Å². The van der Waals surface area contributed by atoms with Crippen LogP contribution in [0.15, 0.2) is 54.6 Å². The van der Waals surface area contributed by atoms with Gasteiger partial charge in [0.25, 0.3) is 0 Å². The van der Waals surface area contributed by atoms with Gasteiger partial charge in [-0.25, -0.2) is 0 Å². The highest BCUT2D eigenvalue weighted by atomic mass is 35.5. The first kappa shape index (κ1) is 16.8. The van der Waals surface area contributed by atoms with E-state index in [2.05, 4.69) is 29.2 Å². The second-order valence-electron chi connectivity index (χ2n) is 6.26. The maximum absolute atomic E-state index is 6.14. The highest BCUT2D eigenvalue weighted by Gasteiger charge is 2.23. The van der Waals surface area contributed by atoms with Crippen molar-refractivity contribution in [2.45, 2.75) is 12.6 Å². The Morgan fingerprint density at radius 1 is 1.04 bits per heavy atom. The molecule has 1 aliphatic heterocycles. The molecule has 1 aliphatic rings. The molecule has 2 aromatic carbocycles. The van der Waals surface area contributed by atoms with Crippen molar-refractivity contribution in [2.75, 3.05) is 19.7 Å². The van der Waals surface area contributed by atoms with Crippen LogP contribution >= 0.6 is 23.2 Å². The third-order valence-corrected chi connectivity index (χ3v) is 5.25. The van der Waals surface area contributed by atoms with Crippen LogP contribution in [0.2, 0.25) is 10.0 Å². The van der Waals surface area contributed by atoms with Crippen LogP contribution in [0.3, 0.4) is 0 Å². The second kappa shape index (κ2) is 7.30. The predicted octanol–water partition coefficient (Wildman–Crippen LogP) is 5.12. The minimum atomic E-state index is 0.00368. The number of rotatable bonds is 3. The van der Waals surface area contributed by atoms with Gasteiger partial charge < -0.3 is 4.74 Å². The smallest absolute Gasteiger partial charge is 0.0953 e. The number of morpholine rings is 1. The quantitative estimate of drug-likeness (QED) is 0.638. The first-order valence-corrected chi connectivity index (χ1v) is 9.08. The fourth-order valence-corrected chi connectivity index (χ4v) is 3.49. The number of ether oxygens (including phenoxy) is 1. The Hall–Kier alpha value is -1.65. The molecule has 3 aromatic rings. The molecule has 25 heavy (non-hydrogen) atoms. The molecule has 0 bridgehead atoms. The summed E-state index contributed by atoms with van der Waals surface area (Å²) in [7, 11) is 0. The highest BCUT2D eigenvalue weighted by molar-refractivity contribution is 6.42. The van der Waals surface area contributed by atoms with Gasteiger partial charge in [-0.05, 0) is 29.8 Å². The first-order chi connectivity index (χ1) is 12.2. The monoisotopic (exact) mass is 372 g/mol. The molecule has 1 aromatic heterocycles. The predicted molar refractivity (Wildman–Crippen MR) is 102 cm³/mol. The van der Waals surface area contributed by atoms with E-state index < -0.39 is 0 Å². The molecule has 0 aliphatic carbocycles. The van der Waals surface area contributed by atoms with Gasteiger partial charge >= 0.3 is 0 Å². The van der Waals surface area contributed by atoms with Gasteiger partial charge in [0.2, 0.25) is 0 Å². The van der Waals surface area contributed by atoms with Crippen molar-refractivity contribution in [3.63, 3.8) is 0 Å². The lowest BCUT2D eigenvalue weighted by Gasteiger charge is -2.33. The van der Waals surface area contributed by atoms with E-state index in [4.69, 9.17) is 32.9 Å². The molecule has 1 unspecified atom stereocenters. The molecule has 1 atom stereocenters. The lowest BCUT2D eigenvalue weighted by Crippen LogP contribution is -2.38. The number of para-hydroxylation sites is 1. The van der Waals surface area contributed by atoms with Crippen LogP contribution in [-0.4, -0.2) is 29.6 Å². The third-order valence-electron chi connectivity index (χ3n) is 4.51. The molecule has 1 fully saturated rings. The van der Waals surface area contributed by atoms with Gasteiger partial charge in [-0.15, -0.1) is 0 Å². The van der Waals surface area contributed by atoms with Crippen molar-refractivity contribution in [1.82, 2.24) is 9.88 Å². The zero-order chi connectivity index (χ0) is 17.2. The summed E-state index contributed by atoms with van der Waals surface area (Å²) < 4.78 is 5.93. The Bertz CT molecular complexity index is 900. The zero-order valence-electron chi connectivity index (χ0n) is 13.7. The molecule has 3 nitrogen and oxygen atoms in total. The van der Waals surface area contributed by atoms with Gasteiger partial charge in [0.15, 0.2) is 0 Å². The van der Waals surface area contributed by atoms with E-state index >= 15 is 0 Å². The molecule has 0 spiro atoms. The number of hydrogen-bond donors (Lipinski definition) is 0. The summed E-state index contributed by atoms with van der Waals surface area (Å²) in [5, 5.41) is 2.30. The maximum atomic E-state index is 6.14. The topological polar surface area (TPSA) is 25.4 Å². The highest BCUT2D eigenvalue weighted by Crippen LogP contribution is 2.29. The Morgan fingerprint density at radius 2 is 1.92 bits per heavy atom. The number of pyridine rings is 1. The molecule has 4 rings (SSSR count). The lowest BCUT2D eigenvalue weighted by molar-refractivity contribution is -0.0332. The van der Waals surface area contributed by atoms with Gasteiger partial charge in [0.1, 0.15) is 0 Å². The van der Waals surface area contributed by atoms with Crippen LogP contribution in [0.1, 0.15) is 17.4 Å². The number of aromatic nitrogens is 1. The first-order valence-electron chi connectivity index (χ1n) is 8.32.